The molecule has 1 aliphatic carbocycles. The van der Waals surface area contributed by atoms with Crippen molar-refractivity contribution in [2.24, 2.45) is 5.92 Å². The van der Waals surface area contributed by atoms with E-state index >= 15 is 0 Å². The van der Waals surface area contributed by atoms with Crippen LogP contribution in [0.2, 0.25) is 0 Å². The van der Waals surface area contributed by atoms with Crippen molar-refractivity contribution < 1.29 is 9.84 Å². The van der Waals surface area contributed by atoms with Crippen LogP contribution >= 0.6 is 12.4 Å². The topological polar surface area (TPSA) is 41.5 Å². The van der Waals surface area contributed by atoms with Crippen molar-refractivity contribution in [2.75, 3.05) is 19.7 Å². The van der Waals surface area contributed by atoms with Gasteiger partial charge in [0.1, 0.15) is 11.5 Å². The van der Waals surface area contributed by atoms with Gasteiger partial charge >= 0.3 is 0 Å². The van der Waals surface area contributed by atoms with Crippen molar-refractivity contribution in [3.63, 3.8) is 0 Å². The molecule has 4 rings (SSSR count). The number of benzene rings is 2. The van der Waals surface area contributed by atoms with Crippen LogP contribution in [0, 0.1) is 5.92 Å². The Hall–Kier alpha value is -1.97. The molecule has 2 aromatic rings. The molecule has 0 amide bonds. The molecule has 1 fully saturated rings. The highest BCUT2D eigenvalue weighted by molar-refractivity contribution is 5.86. The van der Waals surface area contributed by atoms with Gasteiger partial charge in [-0.05, 0) is 60.2 Å². The van der Waals surface area contributed by atoms with E-state index in [9.17, 15) is 5.11 Å². The van der Waals surface area contributed by atoms with E-state index in [2.05, 4.69) is 17.4 Å². The molecule has 1 saturated carbocycles. The van der Waals surface area contributed by atoms with Gasteiger partial charge in [-0.1, -0.05) is 30.3 Å². The first kappa shape index (κ1) is 17.8. The fraction of sp³-hybridized carbons (Fsp3) is 0.333. The average molecular weight is 358 g/mol. The maximum atomic E-state index is 9.94. The van der Waals surface area contributed by atoms with Crippen LogP contribution < -0.4 is 10.1 Å². The van der Waals surface area contributed by atoms with Gasteiger partial charge in [0.25, 0.3) is 0 Å². The molecule has 0 saturated heterocycles. The summed E-state index contributed by atoms with van der Waals surface area (Å²) < 4.78 is 5.97. The van der Waals surface area contributed by atoms with Crippen LogP contribution in [0.15, 0.2) is 54.1 Å². The van der Waals surface area contributed by atoms with E-state index < -0.39 is 0 Å². The maximum absolute atomic E-state index is 9.94. The number of rotatable bonds is 5. The highest BCUT2D eigenvalue weighted by Crippen LogP contribution is 2.37. The Kier molecular flexibility index (Phi) is 5.67. The number of phenols is 1. The van der Waals surface area contributed by atoms with Gasteiger partial charge in [0, 0.05) is 18.5 Å². The summed E-state index contributed by atoms with van der Waals surface area (Å²) in [6.45, 7) is 2.66. The average Bonchev–Trinajstić information content (AvgIpc) is 3.41. The number of hydrogen-bond acceptors (Lipinski definition) is 3. The van der Waals surface area contributed by atoms with E-state index in [1.54, 1.807) is 6.07 Å². The molecule has 0 bridgehead atoms. The van der Waals surface area contributed by atoms with Crippen molar-refractivity contribution >= 4 is 18.0 Å². The Labute approximate surface area is 155 Å². The van der Waals surface area contributed by atoms with Crippen molar-refractivity contribution in [3.05, 3.63) is 65.2 Å². The summed E-state index contributed by atoms with van der Waals surface area (Å²) in [5, 5.41) is 13.5. The first-order valence-electron chi connectivity index (χ1n) is 8.75. The Morgan fingerprint density at radius 2 is 1.92 bits per heavy atom. The molecule has 1 aliphatic heterocycles. The number of nitrogens with one attached hydrogen (secondary N) is 1. The first-order valence-corrected chi connectivity index (χ1v) is 8.75. The van der Waals surface area contributed by atoms with Crippen LogP contribution in [0.1, 0.15) is 30.4 Å². The Bertz CT molecular complexity index is 768. The van der Waals surface area contributed by atoms with Crippen LogP contribution in [0.4, 0.5) is 0 Å². The molecule has 2 aromatic carbocycles. The summed E-state index contributed by atoms with van der Waals surface area (Å²) >= 11 is 0. The van der Waals surface area contributed by atoms with Gasteiger partial charge in [-0.25, -0.2) is 0 Å². The van der Waals surface area contributed by atoms with E-state index in [0.29, 0.717) is 12.4 Å². The number of aromatic hydroxyl groups is 1. The molecular weight excluding hydrogens is 334 g/mol. The zero-order valence-corrected chi connectivity index (χ0v) is 15.0. The summed E-state index contributed by atoms with van der Waals surface area (Å²) in [7, 11) is 0. The monoisotopic (exact) mass is 357 g/mol. The number of halogens is 1. The molecule has 0 atom stereocenters. The van der Waals surface area contributed by atoms with Crippen LogP contribution in [0.25, 0.3) is 5.57 Å². The minimum atomic E-state index is 0. The number of para-hydroxylation sites is 1. The lowest BCUT2D eigenvalue weighted by Crippen LogP contribution is -2.21. The highest BCUT2D eigenvalue weighted by Gasteiger charge is 2.22. The maximum Gasteiger partial charge on any atom is 0.127 e. The van der Waals surface area contributed by atoms with E-state index in [4.69, 9.17) is 4.74 Å². The minimum absolute atomic E-state index is 0. The fourth-order valence-corrected chi connectivity index (χ4v) is 3.35. The zero-order valence-electron chi connectivity index (χ0n) is 14.2. The SMILES string of the molecule is Cl.Oc1cccc(C2=C(CNCC3CC3)CCOc3ccccc32)c1. The van der Waals surface area contributed by atoms with Gasteiger partial charge in [-0.2, -0.15) is 0 Å². The van der Waals surface area contributed by atoms with Crippen molar-refractivity contribution in [2.45, 2.75) is 19.3 Å². The third-order valence-electron chi connectivity index (χ3n) is 4.77. The highest BCUT2D eigenvalue weighted by atomic mass is 35.5. The molecule has 1 heterocycles. The number of hydrogen-bond donors (Lipinski definition) is 2. The molecule has 0 unspecified atom stereocenters. The van der Waals surface area contributed by atoms with Gasteiger partial charge in [-0.15, -0.1) is 12.4 Å². The third kappa shape index (κ3) is 4.17. The third-order valence-corrected chi connectivity index (χ3v) is 4.77. The second-order valence-electron chi connectivity index (χ2n) is 6.70. The Morgan fingerprint density at radius 1 is 1.08 bits per heavy atom. The quantitative estimate of drug-likeness (QED) is 0.833. The molecule has 4 heteroatoms. The molecule has 2 aliphatic rings. The molecule has 0 aromatic heterocycles. The molecule has 3 nitrogen and oxygen atoms in total. The van der Waals surface area contributed by atoms with E-state index in [1.807, 2.05) is 30.3 Å². The largest absolute Gasteiger partial charge is 0.508 e. The summed E-state index contributed by atoms with van der Waals surface area (Å²) in [5.41, 5.74) is 4.72. The Morgan fingerprint density at radius 3 is 2.72 bits per heavy atom. The summed E-state index contributed by atoms with van der Waals surface area (Å²) in [6.07, 6.45) is 3.62. The van der Waals surface area contributed by atoms with Crippen LogP contribution in [0.5, 0.6) is 11.5 Å². The Balaban J connectivity index is 0.00000182. The predicted octanol–water partition coefficient (Wildman–Crippen LogP) is 4.40. The molecule has 0 radical (unpaired) electrons. The summed E-state index contributed by atoms with van der Waals surface area (Å²) in [5.74, 6) is 2.09. The lowest BCUT2D eigenvalue weighted by atomic mass is 9.91. The zero-order chi connectivity index (χ0) is 16.4. The number of fused-ring (bicyclic) bond motifs is 1. The van der Waals surface area contributed by atoms with Crippen molar-refractivity contribution in [1.29, 1.82) is 0 Å². The summed E-state index contributed by atoms with van der Waals surface area (Å²) in [4.78, 5) is 0. The molecule has 2 N–H and O–H groups in total. The molecule has 0 spiro atoms. The number of phenolic OH excluding ortho intramolecular Hbond substituents is 1. The van der Waals surface area contributed by atoms with Crippen LogP contribution in [0.3, 0.4) is 0 Å². The lowest BCUT2D eigenvalue weighted by Gasteiger charge is -2.15. The fourth-order valence-electron chi connectivity index (χ4n) is 3.35. The van der Waals surface area contributed by atoms with Gasteiger partial charge in [0.05, 0.1) is 6.61 Å². The predicted molar refractivity (Wildman–Crippen MR) is 104 cm³/mol. The summed E-state index contributed by atoms with van der Waals surface area (Å²) in [6, 6.07) is 15.7. The van der Waals surface area contributed by atoms with Gasteiger partial charge in [-0.3, -0.25) is 0 Å². The lowest BCUT2D eigenvalue weighted by molar-refractivity contribution is 0.322. The smallest absolute Gasteiger partial charge is 0.127 e. The minimum Gasteiger partial charge on any atom is -0.508 e. The first-order chi connectivity index (χ1) is 11.8. The van der Waals surface area contributed by atoms with Gasteiger partial charge in [0.15, 0.2) is 0 Å². The van der Waals surface area contributed by atoms with Crippen molar-refractivity contribution in [3.8, 4) is 11.5 Å². The number of ether oxygens (including phenoxy) is 1. The normalized spacial score (nSPS) is 16.5. The van der Waals surface area contributed by atoms with E-state index in [0.717, 1.165) is 42.3 Å². The van der Waals surface area contributed by atoms with Crippen LogP contribution in [-0.4, -0.2) is 24.8 Å². The van der Waals surface area contributed by atoms with E-state index in [1.165, 1.54) is 24.0 Å². The molecular formula is C21H24ClNO2. The van der Waals surface area contributed by atoms with E-state index in [-0.39, 0.29) is 12.4 Å². The molecule has 25 heavy (non-hydrogen) atoms. The molecule has 132 valence electrons. The second kappa shape index (κ2) is 7.94. The van der Waals surface area contributed by atoms with Gasteiger partial charge in [0.2, 0.25) is 0 Å². The van der Waals surface area contributed by atoms with Gasteiger partial charge < -0.3 is 15.2 Å². The van der Waals surface area contributed by atoms with Crippen molar-refractivity contribution in [1.82, 2.24) is 5.32 Å². The standard InChI is InChI=1S/C21H23NO2.ClH/c23-18-5-3-4-16(12-18)21-17(14-22-13-15-8-9-15)10-11-24-20-7-2-1-6-19(20)21;/h1-7,12,15,22-23H,8-11,13-14H2;1H. The second-order valence-corrected chi connectivity index (χ2v) is 6.70. The van der Waals surface area contributed by atoms with Crippen LogP contribution in [-0.2, 0) is 0 Å².